The molecule has 0 bridgehead atoms. The first-order valence-electron chi connectivity index (χ1n) is 10.7. The van der Waals surface area contributed by atoms with E-state index in [-0.39, 0.29) is 5.82 Å². The van der Waals surface area contributed by atoms with Crippen LogP contribution >= 0.6 is 0 Å². The molecule has 0 unspecified atom stereocenters. The van der Waals surface area contributed by atoms with E-state index in [0.717, 1.165) is 36.4 Å². The van der Waals surface area contributed by atoms with Crippen molar-refractivity contribution < 1.29 is 4.39 Å². The predicted molar refractivity (Wildman–Crippen MR) is 120 cm³/mol. The van der Waals surface area contributed by atoms with E-state index in [4.69, 9.17) is 0 Å². The number of aromatic nitrogens is 3. The number of benzene rings is 2. The standard InChI is InChI=1S/C24H28FN5/c1-17-20(25)5-6-21-23(17)27-24(26-21)19-4-7-22-18(16-19)8-11-30(22)10-3-9-29-14-12-28(2)13-15-29/h4-8,11,16H,3,9-10,12-15H2,1-2H3,(H,26,27). The van der Waals surface area contributed by atoms with E-state index >= 15 is 0 Å². The summed E-state index contributed by atoms with van der Waals surface area (Å²) in [6.45, 7) is 8.64. The molecule has 1 aliphatic heterocycles. The summed E-state index contributed by atoms with van der Waals surface area (Å²) in [5.41, 5.74) is 4.42. The Balaban J connectivity index is 1.32. The zero-order valence-corrected chi connectivity index (χ0v) is 17.7. The van der Waals surface area contributed by atoms with Crippen LogP contribution in [0.3, 0.4) is 0 Å². The number of hydrogen-bond acceptors (Lipinski definition) is 3. The van der Waals surface area contributed by atoms with Crippen LogP contribution in [0.1, 0.15) is 12.0 Å². The summed E-state index contributed by atoms with van der Waals surface area (Å²) >= 11 is 0. The number of hydrogen-bond donors (Lipinski definition) is 1. The van der Waals surface area contributed by atoms with Crippen LogP contribution in [0.5, 0.6) is 0 Å². The molecular formula is C24H28FN5. The molecule has 1 fully saturated rings. The maximum absolute atomic E-state index is 13.8. The van der Waals surface area contributed by atoms with Gasteiger partial charge in [-0.05, 0) is 63.3 Å². The van der Waals surface area contributed by atoms with Crippen molar-refractivity contribution in [2.24, 2.45) is 0 Å². The van der Waals surface area contributed by atoms with E-state index in [9.17, 15) is 4.39 Å². The van der Waals surface area contributed by atoms with Crippen LogP contribution in [-0.2, 0) is 6.54 Å². The van der Waals surface area contributed by atoms with Crippen molar-refractivity contribution in [2.45, 2.75) is 19.9 Å². The third-order valence-electron chi connectivity index (χ3n) is 6.36. The summed E-state index contributed by atoms with van der Waals surface area (Å²) in [4.78, 5) is 12.9. The number of fused-ring (bicyclic) bond motifs is 2. The molecule has 2 aromatic heterocycles. The highest BCUT2D eigenvalue weighted by Gasteiger charge is 2.14. The Morgan fingerprint density at radius 3 is 2.70 bits per heavy atom. The molecule has 0 amide bonds. The van der Waals surface area contributed by atoms with Gasteiger partial charge in [0.05, 0.1) is 11.0 Å². The monoisotopic (exact) mass is 405 g/mol. The molecule has 0 aliphatic carbocycles. The molecule has 0 atom stereocenters. The van der Waals surface area contributed by atoms with Crippen molar-refractivity contribution in [1.29, 1.82) is 0 Å². The number of rotatable bonds is 5. The van der Waals surface area contributed by atoms with Gasteiger partial charge in [-0.15, -0.1) is 0 Å². The van der Waals surface area contributed by atoms with Crippen molar-refractivity contribution >= 4 is 21.9 Å². The van der Waals surface area contributed by atoms with Gasteiger partial charge in [-0.3, -0.25) is 0 Å². The average Bonchev–Trinajstić information content (AvgIpc) is 3.37. The van der Waals surface area contributed by atoms with Gasteiger partial charge in [-0.25, -0.2) is 9.37 Å². The van der Waals surface area contributed by atoms with Crippen LogP contribution in [0.25, 0.3) is 33.3 Å². The zero-order valence-electron chi connectivity index (χ0n) is 17.7. The quantitative estimate of drug-likeness (QED) is 0.539. The molecule has 156 valence electrons. The number of H-pyrrole nitrogens is 1. The molecule has 6 heteroatoms. The molecule has 0 radical (unpaired) electrons. The smallest absolute Gasteiger partial charge is 0.138 e. The van der Waals surface area contributed by atoms with Gasteiger partial charge in [-0.1, -0.05) is 0 Å². The second kappa shape index (κ2) is 7.85. The normalized spacial score (nSPS) is 16.1. The molecule has 1 aliphatic rings. The molecule has 30 heavy (non-hydrogen) atoms. The van der Waals surface area contributed by atoms with Crippen molar-refractivity contribution in [1.82, 2.24) is 24.3 Å². The fourth-order valence-corrected chi connectivity index (χ4v) is 4.40. The lowest BCUT2D eigenvalue weighted by Gasteiger charge is -2.32. The lowest BCUT2D eigenvalue weighted by Crippen LogP contribution is -2.44. The number of imidazole rings is 1. The SMILES string of the molecule is Cc1c(F)ccc2[nH]c(-c3ccc4c(ccn4CCCN4CCN(C)CC4)c3)nc12. The van der Waals surface area contributed by atoms with Crippen LogP contribution in [0.15, 0.2) is 42.6 Å². The number of nitrogens with one attached hydrogen (secondary N) is 1. The van der Waals surface area contributed by atoms with E-state index in [1.165, 1.54) is 43.1 Å². The summed E-state index contributed by atoms with van der Waals surface area (Å²) in [6.07, 6.45) is 3.33. The Morgan fingerprint density at radius 1 is 1.03 bits per heavy atom. The lowest BCUT2D eigenvalue weighted by molar-refractivity contribution is 0.151. The highest BCUT2D eigenvalue weighted by Crippen LogP contribution is 2.27. The maximum Gasteiger partial charge on any atom is 0.138 e. The topological polar surface area (TPSA) is 40.1 Å². The first-order chi connectivity index (χ1) is 14.6. The molecule has 1 saturated heterocycles. The van der Waals surface area contributed by atoms with Gasteiger partial charge in [0.1, 0.15) is 11.6 Å². The van der Waals surface area contributed by atoms with E-state index in [1.54, 1.807) is 13.0 Å². The molecule has 0 saturated carbocycles. The number of aromatic amines is 1. The Morgan fingerprint density at radius 2 is 1.87 bits per heavy atom. The Hall–Kier alpha value is -2.70. The van der Waals surface area contributed by atoms with Crippen LogP contribution < -0.4 is 0 Å². The van der Waals surface area contributed by atoms with Crippen molar-refractivity contribution in [3.63, 3.8) is 0 Å². The van der Waals surface area contributed by atoms with E-state index in [2.05, 4.69) is 61.8 Å². The molecule has 5 nitrogen and oxygen atoms in total. The third-order valence-corrected chi connectivity index (χ3v) is 6.36. The van der Waals surface area contributed by atoms with Crippen molar-refractivity contribution in [3.05, 3.63) is 54.0 Å². The van der Waals surface area contributed by atoms with Gasteiger partial charge >= 0.3 is 0 Å². The van der Waals surface area contributed by atoms with Gasteiger partial charge in [0.2, 0.25) is 0 Å². The van der Waals surface area contributed by atoms with E-state index in [1.807, 2.05) is 0 Å². The zero-order chi connectivity index (χ0) is 20.7. The summed E-state index contributed by atoms with van der Waals surface area (Å²) in [5.74, 6) is 0.563. The Bertz CT molecular complexity index is 1180. The molecule has 1 N–H and O–H groups in total. The fourth-order valence-electron chi connectivity index (χ4n) is 4.40. The molecule has 5 rings (SSSR count). The number of nitrogens with zero attached hydrogens (tertiary/aromatic N) is 4. The molecule has 4 aromatic rings. The first-order valence-corrected chi connectivity index (χ1v) is 10.7. The third kappa shape index (κ3) is 3.61. The minimum absolute atomic E-state index is 0.218. The van der Waals surface area contributed by atoms with E-state index in [0.29, 0.717) is 11.1 Å². The Labute approximate surface area is 176 Å². The Kier molecular flexibility index (Phi) is 5.05. The minimum Gasteiger partial charge on any atom is -0.347 e. The lowest BCUT2D eigenvalue weighted by atomic mass is 10.1. The number of halogens is 1. The number of aryl methyl sites for hydroxylation is 2. The largest absolute Gasteiger partial charge is 0.347 e. The second-order valence-electron chi connectivity index (χ2n) is 8.44. The summed E-state index contributed by atoms with van der Waals surface area (Å²) in [5, 5.41) is 1.20. The van der Waals surface area contributed by atoms with Gasteiger partial charge in [-0.2, -0.15) is 0 Å². The molecular weight excluding hydrogens is 377 g/mol. The fraction of sp³-hybridized carbons (Fsp3) is 0.375. The van der Waals surface area contributed by atoms with Gasteiger partial charge in [0.15, 0.2) is 0 Å². The summed E-state index contributed by atoms with van der Waals surface area (Å²) < 4.78 is 16.2. The van der Waals surface area contributed by atoms with Crippen molar-refractivity contribution in [3.8, 4) is 11.4 Å². The molecule has 3 heterocycles. The van der Waals surface area contributed by atoms with Gasteiger partial charge < -0.3 is 19.4 Å². The highest BCUT2D eigenvalue weighted by molar-refractivity contribution is 5.87. The van der Waals surface area contributed by atoms with Gasteiger partial charge in [0.25, 0.3) is 0 Å². The molecule has 0 spiro atoms. The van der Waals surface area contributed by atoms with Crippen LogP contribution in [0, 0.1) is 12.7 Å². The number of piperazine rings is 1. The summed E-state index contributed by atoms with van der Waals surface area (Å²) in [6, 6.07) is 11.8. The predicted octanol–water partition coefficient (Wildman–Crippen LogP) is 4.27. The number of likely N-dealkylation sites (N-methyl/N-ethyl adjacent to an activating group) is 1. The summed E-state index contributed by atoms with van der Waals surface area (Å²) in [7, 11) is 2.20. The second-order valence-corrected chi connectivity index (χ2v) is 8.44. The minimum atomic E-state index is -0.218. The van der Waals surface area contributed by atoms with Crippen molar-refractivity contribution in [2.75, 3.05) is 39.8 Å². The first kappa shape index (κ1) is 19.3. The van der Waals surface area contributed by atoms with Gasteiger partial charge in [0, 0.05) is 61.0 Å². The van der Waals surface area contributed by atoms with Crippen LogP contribution in [0.4, 0.5) is 4.39 Å². The molecule has 2 aromatic carbocycles. The van der Waals surface area contributed by atoms with E-state index < -0.39 is 0 Å². The maximum atomic E-state index is 13.8. The average molecular weight is 406 g/mol. The highest BCUT2D eigenvalue weighted by atomic mass is 19.1. The van der Waals surface area contributed by atoms with Crippen LogP contribution in [0.2, 0.25) is 0 Å². The van der Waals surface area contributed by atoms with Crippen LogP contribution in [-0.4, -0.2) is 64.1 Å².